The number of rotatable bonds is 6. The van der Waals surface area contributed by atoms with Crippen LogP contribution in [0.4, 0.5) is 0 Å². The average Bonchev–Trinajstić information content (AvgIpc) is 2.73. The first kappa shape index (κ1) is 24.3. The summed E-state index contributed by atoms with van der Waals surface area (Å²) >= 11 is 6.20. The Hall–Kier alpha value is -3.01. The van der Waals surface area contributed by atoms with Gasteiger partial charge in [-0.15, -0.1) is 0 Å². The Morgan fingerprint density at radius 2 is 1.90 bits per heavy atom. The number of esters is 1. The summed E-state index contributed by atoms with van der Waals surface area (Å²) in [6.07, 6.45) is 10.7. The van der Waals surface area contributed by atoms with Crippen LogP contribution in [0.3, 0.4) is 0 Å². The number of carbonyl (C=O) groups is 2. The van der Waals surface area contributed by atoms with Gasteiger partial charge in [0.2, 0.25) is 5.91 Å². The number of cyclic esters (lactones) is 1. The molecular formula is C21H25ClN2O7. The molecule has 0 bridgehead atoms. The number of fused-ring (bicyclic) bond motifs is 1. The topological polar surface area (TPSA) is 137 Å². The van der Waals surface area contributed by atoms with Crippen LogP contribution in [-0.2, 0) is 14.4 Å². The van der Waals surface area contributed by atoms with Crippen LogP contribution in [0, 0.1) is 0 Å². The second kappa shape index (κ2) is 12.6. The summed E-state index contributed by atoms with van der Waals surface area (Å²) in [6.45, 7) is -0.326. The molecule has 0 aliphatic carbocycles. The largest absolute Gasteiger partial charge is 0.507 e. The SMILES string of the molecule is O=C(CON/C1=C\c2c(Cl)c(O)cc(O)c2C(=O)OCCC=CCCC=C1)NCCO. The molecule has 1 heterocycles. The van der Waals surface area contributed by atoms with E-state index in [-0.39, 0.29) is 42.5 Å². The minimum absolute atomic E-state index is 0.0252. The van der Waals surface area contributed by atoms with Gasteiger partial charge in [-0.2, -0.15) is 0 Å². The Labute approximate surface area is 184 Å². The van der Waals surface area contributed by atoms with Gasteiger partial charge in [0.05, 0.1) is 23.9 Å². The van der Waals surface area contributed by atoms with Crippen LogP contribution >= 0.6 is 11.6 Å². The molecule has 0 fully saturated rings. The molecule has 5 N–H and O–H groups in total. The molecule has 0 atom stereocenters. The summed E-state index contributed by atoms with van der Waals surface area (Å²) in [6, 6.07) is 0.963. The fourth-order valence-corrected chi connectivity index (χ4v) is 2.83. The molecule has 0 spiro atoms. The fraction of sp³-hybridized carbons (Fsp3) is 0.333. The van der Waals surface area contributed by atoms with Crippen molar-refractivity contribution >= 4 is 29.6 Å². The Bertz CT molecular complexity index is 881. The number of amides is 1. The van der Waals surface area contributed by atoms with Crippen molar-refractivity contribution in [3.63, 3.8) is 0 Å². The predicted octanol–water partition coefficient (Wildman–Crippen LogP) is 2.17. The van der Waals surface area contributed by atoms with Gasteiger partial charge in [0.25, 0.3) is 0 Å². The number of benzene rings is 1. The number of phenols is 2. The summed E-state index contributed by atoms with van der Waals surface area (Å²) in [5, 5.41) is 31.3. The Morgan fingerprint density at radius 1 is 1.16 bits per heavy atom. The van der Waals surface area contributed by atoms with Gasteiger partial charge in [-0.1, -0.05) is 29.8 Å². The van der Waals surface area contributed by atoms with E-state index in [1.165, 1.54) is 6.08 Å². The molecule has 1 amide bonds. The van der Waals surface area contributed by atoms with Gasteiger partial charge in [-0.3, -0.25) is 15.1 Å². The van der Waals surface area contributed by atoms with Crippen LogP contribution in [0.1, 0.15) is 35.2 Å². The van der Waals surface area contributed by atoms with E-state index in [4.69, 9.17) is 26.3 Å². The molecule has 1 aliphatic heterocycles. The molecule has 2 rings (SSSR count). The van der Waals surface area contributed by atoms with Crippen LogP contribution < -0.4 is 10.8 Å². The lowest BCUT2D eigenvalue weighted by molar-refractivity contribution is -0.127. The van der Waals surface area contributed by atoms with Crippen molar-refractivity contribution in [2.45, 2.75) is 19.3 Å². The summed E-state index contributed by atoms with van der Waals surface area (Å²) in [4.78, 5) is 29.4. The third kappa shape index (κ3) is 7.63. The number of aromatic hydroxyl groups is 2. The number of aliphatic hydroxyl groups is 1. The first-order chi connectivity index (χ1) is 14.9. The number of aliphatic hydroxyl groups excluding tert-OH is 1. The lowest BCUT2D eigenvalue weighted by atomic mass is 10.0. The van der Waals surface area contributed by atoms with Crippen molar-refractivity contribution in [1.82, 2.24) is 10.8 Å². The third-order valence-corrected chi connectivity index (χ3v) is 4.47. The molecule has 168 valence electrons. The van der Waals surface area contributed by atoms with E-state index < -0.39 is 23.4 Å². The van der Waals surface area contributed by atoms with E-state index >= 15 is 0 Å². The van der Waals surface area contributed by atoms with E-state index in [1.807, 2.05) is 18.2 Å². The van der Waals surface area contributed by atoms with Crippen molar-refractivity contribution in [1.29, 1.82) is 0 Å². The maximum Gasteiger partial charge on any atom is 0.342 e. The van der Waals surface area contributed by atoms with Crippen molar-refractivity contribution < 1.29 is 34.5 Å². The van der Waals surface area contributed by atoms with Gasteiger partial charge in [0, 0.05) is 18.2 Å². The van der Waals surface area contributed by atoms with E-state index in [1.54, 1.807) is 6.08 Å². The summed E-state index contributed by atoms with van der Waals surface area (Å²) in [7, 11) is 0. The average molecular weight is 453 g/mol. The maximum atomic E-state index is 12.6. The number of halogens is 1. The zero-order chi connectivity index (χ0) is 22.6. The molecule has 31 heavy (non-hydrogen) atoms. The van der Waals surface area contributed by atoms with Crippen molar-refractivity contribution in [2.75, 3.05) is 26.4 Å². The van der Waals surface area contributed by atoms with Gasteiger partial charge in [-0.25, -0.2) is 4.79 Å². The monoisotopic (exact) mass is 452 g/mol. The lowest BCUT2D eigenvalue weighted by Crippen LogP contribution is -2.32. The lowest BCUT2D eigenvalue weighted by Gasteiger charge is -2.14. The molecule has 0 saturated heterocycles. The molecular weight excluding hydrogens is 428 g/mol. The zero-order valence-electron chi connectivity index (χ0n) is 16.8. The smallest absolute Gasteiger partial charge is 0.342 e. The minimum Gasteiger partial charge on any atom is -0.507 e. The highest BCUT2D eigenvalue weighted by Gasteiger charge is 2.22. The first-order valence-electron chi connectivity index (χ1n) is 9.64. The second-order valence-electron chi connectivity index (χ2n) is 6.46. The fourth-order valence-electron chi connectivity index (χ4n) is 2.63. The maximum absolute atomic E-state index is 12.6. The quantitative estimate of drug-likeness (QED) is 0.251. The molecule has 1 aliphatic rings. The molecule has 10 heteroatoms. The normalized spacial score (nSPS) is 16.5. The highest BCUT2D eigenvalue weighted by Crippen LogP contribution is 2.37. The number of hydrogen-bond acceptors (Lipinski definition) is 8. The van der Waals surface area contributed by atoms with Crippen LogP contribution in [0.25, 0.3) is 6.08 Å². The van der Waals surface area contributed by atoms with Crippen LogP contribution in [0.2, 0.25) is 5.02 Å². The number of hydrogen-bond donors (Lipinski definition) is 5. The van der Waals surface area contributed by atoms with Crippen LogP contribution in [-0.4, -0.2) is 53.6 Å². The van der Waals surface area contributed by atoms with Crippen LogP contribution in [0.5, 0.6) is 11.5 Å². The van der Waals surface area contributed by atoms with Crippen molar-refractivity contribution in [2.24, 2.45) is 0 Å². The van der Waals surface area contributed by atoms with Gasteiger partial charge >= 0.3 is 5.97 Å². The molecule has 9 nitrogen and oxygen atoms in total. The van der Waals surface area contributed by atoms with Gasteiger partial charge in [0.15, 0.2) is 6.61 Å². The van der Waals surface area contributed by atoms with E-state index in [0.29, 0.717) is 18.5 Å². The molecule has 0 unspecified atom stereocenters. The number of allylic oxidation sites excluding steroid dienone is 3. The Balaban J connectivity index is 2.37. The molecule has 1 aromatic rings. The van der Waals surface area contributed by atoms with Gasteiger partial charge < -0.3 is 25.4 Å². The molecule has 0 saturated carbocycles. The van der Waals surface area contributed by atoms with Gasteiger partial charge in [0.1, 0.15) is 17.1 Å². The zero-order valence-corrected chi connectivity index (χ0v) is 17.5. The number of nitrogens with one attached hydrogen (secondary N) is 2. The molecule has 0 radical (unpaired) electrons. The molecule has 1 aromatic carbocycles. The third-order valence-electron chi connectivity index (χ3n) is 4.07. The minimum atomic E-state index is -0.802. The standard InChI is InChI=1S/C21H25ClN2O7/c22-20-15-11-14(24-31-13-18(28)23-8-9-25)7-5-3-1-2-4-6-10-30-21(29)19(15)16(26)12-17(20)27/h2,4-5,7,11-12,24-27H,1,3,6,8-10,13H2,(H,23,28)/b4-2?,7-5?,14-11-. The second-order valence-corrected chi connectivity index (χ2v) is 6.84. The first-order valence-corrected chi connectivity index (χ1v) is 10.0. The predicted molar refractivity (Wildman–Crippen MR) is 114 cm³/mol. The van der Waals surface area contributed by atoms with Crippen molar-refractivity contribution in [3.05, 3.63) is 52.2 Å². The number of ether oxygens (including phenoxy) is 1. The number of phenolic OH excluding ortho intramolecular Hbond substituents is 2. The molecule has 0 aromatic heterocycles. The summed E-state index contributed by atoms with van der Waals surface area (Å²) < 4.78 is 5.21. The Kier molecular flexibility index (Phi) is 9.89. The van der Waals surface area contributed by atoms with E-state index in [9.17, 15) is 19.8 Å². The Morgan fingerprint density at radius 3 is 2.68 bits per heavy atom. The summed E-state index contributed by atoms with van der Waals surface area (Å²) in [5.74, 6) is -2.16. The highest BCUT2D eigenvalue weighted by molar-refractivity contribution is 6.34. The van der Waals surface area contributed by atoms with Crippen molar-refractivity contribution in [3.8, 4) is 11.5 Å². The van der Waals surface area contributed by atoms with E-state index in [2.05, 4.69) is 10.8 Å². The number of carbonyl (C=O) groups excluding carboxylic acids is 2. The highest BCUT2D eigenvalue weighted by atomic mass is 35.5. The van der Waals surface area contributed by atoms with Crippen LogP contribution in [0.15, 0.2) is 36.1 Å². The van der Waals surface area contributed by atoms with Gasteiger partial charge in [-0.05, 0) is 31.4 Å². The van der Waals surface area contributed by atoms with E-state index in [0.717, 1.165) is 12.5 Å². The summed E-state index contributed by atoms with van der Waals surface area (Å²) in [5.41, 5.74) is 2.71. The number of hydroxylamine groups is 1.